The summed E-state index contributed by atoms with van der Waals surface area (Å²) in [5, 5.41) is 4.27. The van der Waals surface area contributed by atoms with Gasteiger partial charge in [0.25, 0.3) is 0 Å². The molecule has 1 aliphatic heterocycles. The van der Waals surface area contributed by atoms with Crippen LogP contribution in [-0.4, -0.2) is 81.2 Å². The van der Waals surface area contributed by atoms with Gasteiger partial charge in [0.2, 0.25) is 5.91 Å². The van der Waals surface area contributed by atoms with E-state index in [4.69, 9.17) is 27.9 Å². The Morgan fingerprint density at radius 3 is 2.59 bits per heavy atom. The molecule has 2 atom stereocenters. The molecular weight excluding hydrogens is 530 g/mol. The van der Waals surface area contributed by atoms with Crippen LogP contribution < -0.4 is 5.32 Å². The number of nitrogens with one attached hydrogen (secondary N) is 1. The molecule has 0 bridgehead atoms. The van der Waals surface area contributed by atoms with Crippen molar-refractivity contribution in [1.82, 2.24) is 15.1 Å². The highest BCUT2D eigenvalue weighted by Gasteiger charge is 2.29. The van der Waals surface area contributed by atoms with E-state index in [1.54, 1.807) is 23.1 Å². The molecule has 0 saturated carbocycles. The van der Waals surface area contributed by atoms with E-state index in [2.05, 4.69) is 15.0 Å². The first kappa shape index (κ1) is 29.7. The number of rotatable bonds is 13. The number of carbonyl (C=O) groups excluding carboxylic acids is 1. The summed E-state index contributed by atoms with van der Waals surface area (Å²) in [5.74, 6) is -0.0206. The Hall–Kier alpha value is -1.88. The molecule has 1 fully saturated rings. The summed E-state index contributed by atoms with van der Waals surface area (Å²) in [6.45, 7) is 2.56. The van der Waals surface area contributed by atoms with Crippen molar-refractivity contribution in [3.8, 4) is 0 Å². The fourth-order valence-corrected chi connectivity index (χ4v) is 4.63. The van der Waals surface area contributed by atoms with E-state index >= 15 is 0 Å². The fourth-order valence-electron chi connectivity index (χ4n) is 4.31. The first-order valence-electron chi connectivity index (χ1n) is 12.1. The molecule has 1 aliphatic rings. The number of ether oxygens (including phenoxy) is 2. The zero-order chi connectivity index (χ0) is 26.8. The number of amides is 1. The minimum Gasteiger partial charge on any atom is -0.378 e. The number of nitrogens with zero attached hydrogens (tertiary/aromatic N) is 2. The van der Waals surface area contributed by atoms with E-state index in [0.717, 1.165) is 30.6 Å². The molecule has 3 rings (SSSR count). The predicted octanol–water partition coefficient (Wildman–Crippen LogP) is 4.95. The van der Waals surface area contributed by atoms with Crippen LogP contribution in [-0.2, 0) is 20.7 Å². The van der Waals surface area contributed by atoms with Crippen LogP contribution in [0.4, 0.5) is 13.2 Å². The molecule has 1 heterocycles. The molecule has 1 N–H and O–H groups in total. The lowest BCUT2D eigenvalue weighted by Crippen LogP contribution is -2.41. The highest BCUT2D eigenvalue weighted by Crippen LogP contribution is 2.26. The molecule has 0 unspecified atom stereocenters. The van der Waals surface area contributed by atoms with Crippen LogP contribution in [0.3, 0.4) is 0 Å². The van der Waals surface area contributed by atoms with E-state index < -0.39 is 13.0 Å². The molecule has 11 heteroatoms. The molecule has 2 aromatic rings. The molecule has 0 aliphatic carbocycles. The first-order valence-corrected chi connectivity index (χ1v) is 12.9. The van der Waals surface area contributed by atoms with E-state index in [1.807, 2.05) is 37.4 Å². The first-order chi connectivity index (χ1) is 17.6. The Bertz CT molecular complexity index is 998. The number of likely N-dealkylation sites (N-methyl/N-ethyl adjacent to an activating group) is 1. The van der Waals surface area contributed by atoms with Crippen LogP contribution >= 0.6 is 23.2 Å². The number of hydrogen-bond donors (Lipinski definition) is 1. The van der Waals surface area contributed by atoms with Crippen LogP contribution in [0.1, 0.15) is 23.6 Å². The molecular formula is C26H32Cl2F3N3O3. The number of carbonyl (C=O) groups is 1. The van der Waals surface area contributed by atoms with Gasteiger partial charge in [0.15, 0.2) is 0 Å². The Balaban J connectivity index is 1.50. The Labute approximate surface area is 225 Å². The smallest absolute Gasteiger partial charge is 0.378 e. The van der Waals surface area contributed by atoms with Gasteiger partial charge in [0.1, 0.15) is 0 Å². The lowest BCUT2D eigenvalue weighted by atomic mass is 10.0. The van der Waals surface area contributed by atoms with Gasteiger partial charge in [-0.25, -0.2) is 0 Å². The van der Waals surface area contributed by atoms with Gasteiger partial charge in [0, 0.05) is 32.7 Å². The molecule has 0 aromatic heterocycles. The maximum Gasteiger partial charge on any atom is 0.522 e. The van der Waals surface area contributed by atoms with E-state index in [1.165, 1.54) is 0 Å². The monoisotopic (exact) mass is 561 g/mol. The minimum absolute atomic E-state index is 0.0206. The predicted molar refractivity (Wildman–Crippen MR) is 138 cm³/mol. The van der Waals surface area contributed by atoms with Crippen molar-refractivity contribution >= 4 is 29.1 Å². The molecule has 2 aromatic carbocycles. The van der Waals surface area contributed by atoms with Crippen LogP contribution in [0.15, 0.2) is 48.5 Å². The van der Waals surface area contributed by atoms with Gasteiger partial charge in [0.05, 0.1) is 42.3 Å². The SMILES string of the molecule is CN(C(=O)Cc1ccc(Cl)c(Cl)c1)[C@H](CN1CC[C@H](NCCOCCOC(F)(F)F)C1)c1ccccc1. The summed E-state index contributed by atoms with van der Waals surface area (Å²) < 4.78 is 44.8. The van der Waals surface area contributed by atoms with Gasteiger partial charge in [-0.2, -0.15) is 0 Å². The van der Waals surface area contributed by atoms with Crippen molar-refractivity contribution in [1.29, 1.82) is 0 Å². The number of halogens is 5. The van der Waals surface area contributed by atoms with Crippen molar-refractivity contribution in [2.24, 2.45) is 0 Å². The van der Waals surface area contributed by atoms with Crippen LogP contribution in [0, 0.1) is 0 Å². The third-order valence-corrected chi connectivity index (χ3v) is 7.00. The van der Waals surface area contributed by atoms with Crippen LogP contribution in [0.25, 0.3) is 0 Å². The molecule has 0 radical (unpaired) electrons. The zero-order valence-electron chi connectivity index (χ0n) is 20.6. The number of likely N-dealkylation sites (tertiary alicyclic amines) is 1. The Morgan fingerprint density at radius 2 is 1.89 bits per heavy atom. The van der Waals surface area contributed by atoms with Crippen molar-refractivity contribution in [2.75, 3.05) is 53.0 Å². The zero-order valence-corrected chi connectivity index (χ0v) is 22.2. The van der Waals surface area contributed by atoms with Crippen molar-refractivity contribution < 1.29 is 27.4 Å². The summed E-state index contributed by atoms with van der Waals surface area (Å²) in [7, 11) is 1.82. The number of hydrogen-bond acceptors (Lipinski definition) is 5. The lowest BCUT2D eigenvalue weighted by Gasteiger charge is -2.32. The van der Waals surface area contributed by atoms with Crippen LogP contribution in [0.2, 0.25) is 10.0 Å². The molecule has 37 heavy (non-hydrogen) atoms. The van der Waals surface area contributed by atoms with Crippen molar-refractivity contribution in [3.05, 3.63) is 69.7 Å². The largest absolute Gasteiger partial charge is 0.522 e. The molecule has 1 amide bonds. The summed E-state index contributed by atoms with van der Waals surface area (Å²) >= 11 is 12.1. The second-order valence-corrected chi connectivity index (χ2v) is 9.78. The second-order valence-electron chi connectivity index (χ2n) is 8.96. The summed E-state index contributed by atoms with van der Waals surface area (Å²) in [6, 6.07) is 15.3. The number of benzene rings is 2. The Kier molecular flexibility index (Phi) is 11.5. The number of alkyl halides is 3. The van der Waals surface area contributed by atoms with Crippen molar-refractivity contribution in [2.45, 2.75) is 31.3 Å². The quantitative estimate of drug-likeness (QED) is 0.350. The van der Waals surface area contributed by atoms with Crippen LogP contribution in [0.5, 0.6) is 0 Å². The highest BCUT2D eigenvalue weighted by atomic mass is 35.5. The second kappa shape index (κ2) is 14.3. The molecule has 0 spiro atoms. The molecule has 1 saturated heterocycles. The molecule has 6 nitrogen and oxygen atoms in total. The maximum atomic E-state index is 13.2. The summed E-state index contributed by atoms with van der Waals surface area (Å²) in [6.07, 6.45) is -3.48. The van der Waals surface area contributed by atoms with Gasteiger partial charge in [-0.3, -0.25) is 14.4 Å². The maximum absolute atomic E-state index is 13.2. The molecule has 204 valence electrons. The third-order valence-electron chi connectivity index (χ3n) is 6.26. The average Bonchev–Trinajstić information content (AvgIpc) is 3.31. The minimum atomic E-state index is -4.63. The third kappa shape index (κ3) is 10.1. The highest BCUT2D eigenvalue weighted by molar-refractivity contribution is 6.42. The summed E-state index contributed by atoms with van der Waals surface area (Å²) in [4.78, 5) is 17.3. The Morgan fingerprint density at radius 1 is 1.14 bits per heavy atom. The van der Waals surface area contributed by atoms with E-state index in [0.29, 0.717) is 29.7 Å². The standard InChI is InChI=1S/C26H32Cl2F3N3O3/c1-33(25(35)16-19-7-8-22(27)23(28)15-19)24(20-5-3-2-4-6-20)18-34-11-9-21(17-34)32-10-12-36-13-14-37-26(29,30)31/h2-8,15,21,24,32H,9-14,16-18H2,1H3/t21-,24+/m0/s1. The van der Waals surface area contributed by atoms with Gasteiger partial charge < -0.3 is 15.0 Å². The normalized spacial score (nSPS) is 17.2. The summed E-state index contributed by atoms with van der Waals surface area (Å²) in [5.41, 5.74) is 1.86. The van der Waals surface area contributed by atoms with Gasteiger partial charge >= 0.3 is 6.36 Å². The fraction of sp³-hybridized carbons (Fsp3) is 0.500. The average molecular weight is 562 g/mol. The van der Waals surface area contributed by atoms with Gasteiger partial charge in [-0.1, -0.05) is 59.6 Å². The van der Waals surface area contributed by atoms with E-state index in [-0.39, 0.29) is 31.0 Å². The van der Waals surface area contributed by atoms with Crippen molar-refractivity contribution in [3.63, 3.8) is 0 Å². The lowest BCUT2D eigenvalue weighted by molar-refractivity contribution is -0.327. The van der Waals surface area contributed by atoms with E-state index in [9.17, 15) is 18.0 Å². The van der Waals surface area contributed by atoms with Gasteiger partial charge in [-0.15, -0.1) is 13.2 Å². The topological polar surface area (TPSA) is 54.0 Å². The van der Waals surface area contributed by atoms with Gasteiger partial charge in [-0.05, 0) is 36.2 Å².